The third-order valence-electron chi connectivity index (χ3n) is 3.90. The van der Waals surface area contributed by atoms with Gasteiger partial charge in [0.05, 0.1) is 5.56 Å². The molecule has 0 fully saturated rings. The molecule has 4 aromatic rings. The van der Waals surface area contributed by atoms with E-state index in [0.717, 1.165) is 11.1 Å². The molecule has 0 saturated carbocycles. The van der Waals surface area contributed by atoms with E-state index in [9.17, 15) is 4.79 Å². The molecule has 1 amide bonds. The second-order valence-corrected chi connectivity index (χ2v) is 6.19. The zero-order valence-corrected chi connectivity index (χ0v) is 14.4. The van der Waals surface area contributed by atoms with Crippen LogP contribution >= 0.6 is 11.6 Å². The lowest BCUT2D eigenvalue weighted by atomic mass is 10.2. The number of nitrogens with zero attached hydrogens (tertiary/aromatic N) is 2. The van der Waals surface area contributed by atoms with Gasteiger partial charge in [-0.05, 0) is 48.0 Å². The molecule has 0 atom stereocenters. The van der Waals surface area contributed by atoms with Crippen LogP contribution in [0.2, 0.25) is 5.02 Å². The Bertz CT molecular complexity index is 1080. The van der Waals surface area contributed by atoms with Gasteiger partial charge in [-0.25, -0.2) is 4.98 Å². The highest BCUT2D eigenvalue weighted by Crippen LogP contribution is 2.24. The SMILES string of the molecule is O=C(NCc1cccc(Cl)c1)c1ccc2oc(-c3cccnc3)nc2c1. The summed E-state index contributed by atoms with van der Waals surface area (Å²) in [5, 5.41) is 3.52. The summed E-state index contributed by atoms with van der Waals surface area (Å²) >= 11 is 5.96. The van der Waals surface area contributed by atoms with Gasteiger partial charge in [0.25, 0.3) is 5.91 Å². The van der Waals surface area contributed by atoms with Crippen LogP contribution in [-0.2, 0) is 6.54 Å². The minimum Gasteiger partial charge on any atom is -0.436 e. The van der Waals surface area contributed by atoms with E-state index in [1.54, 1.807) is 36.7 Å². The van der Waals surface area contributed by atoms with Crippen molar-refractivity contribution in [1.29, 1.82) is 0 Å². The largest absolute Gasteiger partial charge is 0.436 e. The number of oxazole rings is 1. The molecule has 0 radical (unpaired) electrons. The minimum atomic E-state index is -0.183. The molecule has 5 nitrogen and oxygen atoms in total. The summed E-state index contributed by atoms with van der Waals surface area (Å²) in [4.78, 5) is 20.9. The molecule has 0 aliphatic heterocycles. The third-order valence-corrected chi connectivity index (χ3v) is 4.14. The van der Waals surface area contributed by atoms with Gasteiger partial charge in [0.1, 0.15) is 5.52 Å². The standard InChI is InChI=1S/C20H14ClN3O2/c21-16-5-1-3-13(9-16)11-23-19(25)14-6-7-18-17(10-14)24-20(26-18)15-4-2-8-22-12-15/h1-10,12H,11H2,(H,23,25). The number of aromatic nitrogens is 2. The number of carbonyl (C=O) groups is 1. The molecule has 6 heteroatoms. The van der Waals surface area contributed by atoms with Crippen LogP contribution in [0.15, 0.2) is 71.4 Å². The number of nitrogens with one attached hydrogen (secondary N) is 1. The van der Waals surface area contributed by atoms with E-state index in [-0.39, 0.29) is 5.91 Å². The molecule has 128 valence electrons. The van der Waals surface area contributed by atoms with Gasteiger partial charge in [0.15, 0.2) is 5.58 Å². The van der Waals surface area contributed by atoms with Crippen LogP contribution in [0.25, 0.3) is 22.6 Å². The Balaban J connectivity index is 1.54. The highest BCUT2D eigenvalue weighted by atomic mass is 35.5. The number of amides is 1. The number of rotatable bonds is 4. The average molecular weight is 364 g/mol. The molecule has 0 saturated heterocycles. The van der Waals surface area contributed by atoms with Crippen LogP contribution < -0.4 is 5.32 Å². The molecule has 2 aromatic heterocycles. The van der Waals surface area contributed by atoms with Crippen molar-refractivity contribution in [2.45, 2.75) is 6.54 Å². The number of hydrogen-bond donors (Lipinski definition) is 1. The van der Waals surface area contributed by atoms with Crippen LogP contribution in [0.3, 0.4) is 0 Å². The number of pyridine rings is 1. The number of hydrogen-bond acceptors (Lipinski definition) is 4. The summed E-state index contributed by atoms with van der Waals surface area (Å²) in [6.45, 7) is 0.400. The van der Waals surface area contributed by atoms with E-state index in [0.29, 0.717) is 34.1 Å². The summed E-state index contributed by atoms with van der Waals surface area (Å²) in [7, 11) is 0. The van der Waals surface area contributed by atoms with Gasteiger partial charge in [-0.2, -0.15) is 0 Å². The predicted octanol–water partition coefficient (Wildman–Crippen LogP) is 4.47. The van der Waals surface area contributed by atoms with Crippen molar-refractivity contribution in [2.24, 2.45) is 0 Å². The molecule has 26 heavy (non-hydrogen) atoms. The number of halogens is 1. The quantitative estimate of drug-likeness (QED) is 0.580. The predicted molar refractivity (Wildman–Crippen MR) is 99.9 cm³/mol. The number of carbonyl (C=O) groups excluding carboxylic acids is 1. The number of fused-ring (bicyclic) bond motifs is 1. The topological polar surface area (TPSA) is 68.0 Å². The zero-order valence-electron chi connectivity index (χ0n) is 13.6. The van der Waals surface area contributed by atoms with Gasteiger partial charge < -0.3 is 9.73 Å². The lowest BCUT2D eigenvalue weighted by Crippen LogP contribution is -2.22. The second-order valence-electron chi connectivity index (χ2n) is 5.76. The maximum absolute atomic E-state index is 12.4. The summed E-state index contributed by atoms with van der Waals surface area (Å²) in [5.74, 6) is 0.294. The van der Waals surface area contributed by atoms with Crippen molar-refractivity contribution in [2.75, 3.05) is 0 Å². The fourth-order valence-electron chi connectivity index (χ4n) is 2.61. The fourth-order valence-corrected chi connectivity index (χ4v) is 2.83. The van der Waals surface area contributed by atoms with E-state index in [1.165, 1.54) is 0 Å². The van der Waals surface area contributed by atoms with Crippen molar-refractivity contribution < 1.29 is 9.21 Å². The van der Waals surface area contributed by atoms with Crippen molar-refractivity contribution in [3.8, 4) is 11.5 Å². The Hall–Kier alpha value is -3.18. The smallest absolute Gasteiger partial charge is 0.251 e. The number of benzene rings is 2. The van der Waals surface area contributed by atoms with Crippen molar-refractivity contribution in [1.82, 2.24) is 15.3 Å². The molecule has 0 aliphatic carbocycles. The van der Waals surface area contributed by atoms with E-state index in [4.69, 9.17) is 16.0 Å². The first kappa shape index (κ1) is 16.3. The first-order valence-corrected chi connectivity index (χ1v) is 8.40. The fraction of sp³-hybridized carbons (Fsp3) is 0.0500. The van der Waals surface area contributed by atoms with E-state index >= 15 is 0 Å². The van der Waals surface area contributed by atoms with Gasteiger partial charge in [0.2, 0.25) is 5.89 Å². The molecule has 0 aliphatic rings. The van der Waals surface area contributed by atoms with Gasteiger partial charge in [0, 0.05) is 29.5 Å². The molecular formula is C20H14ClN3O2. The van der Waals surface area contributed by atoms with Crippen molar-refractivity contribution in [3.63, 3.8) is 0 Å². The van der Waals surface area contributed by atoms with Crippen LogP contribution in [0.1, 0.15) is 15.9 Å². The molecule has 0 unspecified atom stereocenters. The van der Waals surface area contributed by atoms with Crippen LogP contribution in [0.4, 0.5) is 0 Å². The van der Waals surface area contributed by atoms with Gasteiger partial charge in [-0.3, -0.25) is 9.78 Å². The second kappa shape index (κ2) is 6.98. The summed E-state index contributed by atoms with van der Waals surface area (Å²) < 4.78 is 5.73. The van der Waals surface area contributed by atoms with E-state index < -0.39 is 0 Å². The van der Waals surface area contributed by atoms with Crippen molar-refractivity contribution >= 4 is 28.6 Å². The first-order chi connectivity index (χ1) is 12.7. The summed E-state index contributed by atoms with van der Waals surface area (Å²) in [6.07, 6.45) is 3.37. The Morgan fingerprint density at radius 2 is 2.04 bits per heavy atom. The van der Waals surface area contributed by atoms with Gasteiger partial charge >= 0.3 is 0 Å². The van der Waals surface area contributed by atoms with E-state index in [1.807, 2.05) is 30.3 Å². The molecular weight excluding hydrogens is 350 g/mol. The average Bonchev–Trinajstić information content (AvgIpc) is 3.10. The lowest BCUT2D eigenvalue weighted by Gasteiger charge is -2.05. The summed E-state index contributed by atoms with van der Waals surface area (Å²) in [5.41, 5.74) is 3.49. The minimum absolute atomic E-state index is 0.183. The molecule has 2 aromatic carbocycles. The molecule has 2 heterocycles. The Kier molecular flexibility index (Phi) is 4.37. The summed E-state index contributed by atoms with van der Waals surface area (Å²) in [6, 6.07) is 16.2. The highest BCUT2D eigenvalue weighted by molar-refractivity contribution is 6.30. The molecule has 4 rings (SSSR count). The Labute approximate surface area is 154 Å². The normalized spacial score (nSPS) is 10.8. The Morgan fingerprint density at radius 3 is 2.85 bits per heavy atom. The van der Waals surface area contributed by atoms with E-state index in [2.05, 4.69) is 15.3 Å². The van der Waals surface area contributed by atoms with Crippen molar-refractivity contribution in [3.05, 3.63) is 83.1 Å². The highest BCUT2D eigenvalue weighted by Gasteiger charge is 2.12. The molecule has 0 bridgehead atoms. The van der Waals surface area contributed by atoms with Gasteiger partial charge in [-0.1, -0.05) is 23.7 Å². The van der Waals surface area contributed by atoms with Crippen LogP contribution in [-0.4, -0.2) is 15.9 Å². The molecule has 0 spiro atoms. The first-order valence-electron chi connectivity index (χ1n) is 8.03. The zero-order chi connectivity index (χ0) is 17.9. The Morgan fingerprint density at radius 1 is 1.12 bits per heavy atom. The van der Waals surface area contributed by atoms with Crippen LogP contribution in [0.5, 0.6) is 0 Å². The van der Waals surface area contributed by atoms with Crippen LogP contribution in [0, 0.1) is 0 Å². The monoisotopic (exact) mass is 363 g/mol. The lowest BCUT2D eigenvalue weighted by molar-refractivity contribution is 0.0951. The third kappa shape index (κ3) is 3.43. The maximum Gasteiger partial charge on any atom is 0.251 e. The maximum atomic E-state index is 12.4. The van der Waals surface area contributed by atoms with Gasteiger partial charge in [-0.15, -0.1) is 0 Å². The molecule has 1 N–H and O–H groups in total.